The van der Waals surface area contributed by atoms with Crippen LogP contribution in [0.4, 0.5) is 5.69 Å². The molecule has 0 spiro atoms. The van der Waals surface area contributed by atoms with Crippen LogP contribution in [0.5, 0.6) is 0 Å². The molecule has 1 amide bonds. The number of carbonyl (C=O) groups is 1. The Morgan fingerprint density at radius 2 is 2.50 bits per heavy atom. The van der Waals surface area contributed by atoms with E-state index in [9.17, 15) is 9.90 Å². The first-order valence-corrected chi connectivity index (χ1v) is 5.32. The van der Waals surface area contributed by atoms with Gasteiger partial charge in [0.1, 0.15) is 4.88 Å². The van der Waals surface area contributed by atoms with Crippen LogP contribution in [0.3, 0.4) is 0 Å². The zero-order valence-corrected chi connectivity index (χ0v) is 8.80. The van der Waals surface area contributed by atoms with Crippen molar-refractivity contribution in [2.45, 2.75) is 19.4 Å². The molecule has 0 saturated heterocycles. The second-order valence-corrected chi connectivity index (χ2v) is 3.89. The highest BCUT2D eigenvalue weighted by Crippen LogP contribution is 2.18. The van der Waals surface area contributed by atoms with Gasteiger partial charge in [0.2, 0.25) is 0 Å². The first-order chi connectivity index (χ1) is 6.65. The number of rotatable bonds is 4. The number of nitrogens with one attached hydrogen (secondary N) is 1. The maximum Gasteiger partial charge on any atom is 0.263 e. The second-order valence-electron chi connectivity index (χ2n) is 2.98. The average Bonchev–Trinajstić information content (AvgIpc) is 2.60. The highest BCUT2D eigenvalue weighted by atomic mass is 32.1. The fourth-order valence-corrected chi connectivity index (χ4v) is 1.67. The van der Waals surface area contributed by atoms with E-state index in [0.29, 0.717) is 17.0 Å². The van der Waals surface area contributed by atoms with Crippen LogP contribution in [0.2, 0.25) is 0 Å². The van der Waals surface area contributed by atoms with E-state index in [4.69, 9.17) is 5.73 Å². The Morgan fingerprint density at radius 1 is 1.79 bits per heavy atom. The van der Waals surface area contributed by atoms with E-state index >= 15 is 0 Å². The van der Waals surface area contributed by atoms with Crippen molar-refractivity contribution in [3.05, 3.63) is 16.3 Å². The van der Waals surface area contributed by atoms with Crippen LogP contribution in [-0.2, 0) is 0 Å². The molecular formula is C9H14N2O2S. The lowest BCUT2D eigenvalue weighted by Crippen LogP contribution is -2.31. The van der Waals surface area contributed by atoms with Crippen molar-refractivity contribution in [1.82, 2.24) is 5.32 Å². The van der Waals surface area contributed by atoms with Gasteiger partial charge in [-0.25, -0.2) is 0 Å². The number of thiophene rings is 1. The van der Waals surface area contributed by atoms with Crippen molar-refractivity contribution in [1.29, 1.82) is 0 Å². The normalized spacial score (nSPS) is 12.4. The first kappa shape index (κ1) is 11.0. The van der Waals surface area contributed by atoms with Crippen molar-refractivity contribution in [3.8, 4) is 0 Å². The Balaban J connectivity index is 2.47. The van der Waals surface area contributed by atoms with Crippen LogP contribution in [0.25, 0.3) is 0 Å². The third-order valence-corrected chi connectivity index (χ3v) is 2.80. The van der Waals surface area contributed by atoms with Gasteiger partial charge < -0.3 is 16.2 Å². The largest absolute Gasteiger partial charge is 0.397 e. The monoisotopic (exact) mass is 214 g/mol. The number of hydrogen-bond acceptors (Lipinski definition) is 4. The van der Waals surface area contributed by atoms with Crippen LogP contribution >= 0.6 is 11.3 Å². The lowest BCUT2D eigenvalue weighted by atomic mass is 10.3. The standard InChI is InChI=1S/C9H14N2O2S/c1-2-6(12)5-11-9(13)8-7(10)3-4-14-8/h3-4,6,12H,2,5,10H2,1H3,(H,11,13). The molecule has 1 rings (SSSR count). The smallest absolute Gasteiger partial charge is 0.263 e. The van der Waals surface area contributed by atoms with Gasteiger partial charge in [-0.3, -0.25) is 4.79 Å². The molecule has 0 saturated carbocycles. The Morgan fingerprint density at radius 3 is 3.00 bits per heavy atom. The Labute approximate surface area is 86.7 Å². The zero-order valence-electron chi connectivity index (χ0n) is 7.99. The molecule has 1 heterocycles. The van der Waals surface area contributed by atoms with Gasteiger partial charge in [-0.1, -0.05) is 6.92 Å². The molecule has 1 aromatic rings. The van der Waals surface area contributed by atoms with Gasteiger partial charge in [0.25, 0.3) is 5.91 Å². The van der Waals surface area contributed by atoms with E-state index in [1.165, 1.54) is 11.3 Å². The Bertz CT molecular complexity index is 312. The van der Waals surface area contributed by atoms with Crippen LogP contribution in [0.15, 0.2) is 11.4 Å². The topological polar surface area (TPSA) is 75.3 Å². The lowest BCUT2D eigenvalue weighted by molar-refractivity contribution is 0.0918. The van der Waals surface area contributed by atoms with E-state index < -0.39 is 6.10 Å². The second kappa shape index (κ2) is 4.97. The van der Waals surface area contributed by atoms with E-state index in [2.05, 4.69) is 5.32 Å². The van der Waals surface area contributed by atoms with Gasteiger partial charge in [-0.15, -0.1) is 11.3 Å². The fourth-order valence-electron chi connectivity index (χ4n) is 0.939. The number of aliphatic hydroxyl groups excluding tert-OH is 1. The van der Waals surface area contributed by atoms with E-state index in [1.54, 1.807) is 11.4 Å². The number of nitrogens with two attached hydrogens (primary N) is 1. The molecule has 14 heavy (non-hydrogen) atoms. The van der Waals surface area contributed by atoms with Gasteiger partial charge in [0.05, 0.1) is 11.8 Å². The highest BCUT2D eigenvalue weighted by molar-refractivity contribution is 7.12. The van der Waals surface area contributed by atoms with E-state index in [0.717, 1.165) is 0 Å². The highest BCUT2D eigenvalue weighted by Gasteiger charge is 2.11. The summed E-state index contributed by atoms with van der Waals surface area (Å²) in [6, 6.07) is 1.69. The predicted octanol–water partition coefficient (Wildman–Crippen LogP) is 0.831. The summed E-state index contributed by atoms with van der Waals surface area (Å²) in [5.74, 6) is -0.218. The molecule has 0 aliphatic heterocycles. The molecule has 1 unspecified atom stereocenters. The minimum Gasteiger partial charge on any atom is -0.397 e. The number of nitrogen functional groups attached to an aromatic ring is 1. The average molecular weight is 214 g/mol. The maximum absolute atomic E-state index is 11.5. The quantitative estimate of drug-likeness (QED) is 0.695. The van der Waals surface area contributed by atoms with Gasteiger partial charge in [0.15, 0.2) is 0 Å². The van der Waals surface area contributed by atoms with E-state index in [-0.39, 0.29) is 12.5 Å². The van der Waals surface area contributed by atoms with E-state index in [1.807, 2.05) is 6.92 Å². The molecular weight excluding hydrogens is 200 g/mol. The first-order valence-electron chi connectivity index (χ1n) is 4.44. The predicted molar refractivity (Wildman–Crippen MR) is 57.4 cm³/mol. The molecule has 0 aliphatic rings. The summed E-state index contributed by atoms with van der Waals surface area (Å²) >= 11 is 1.30. The lowest BCUT2D eigenvalue weighted by Gasteiger charge is -2.08. The van der Waals surface area contributed by atoms with Crippen LogP contribution in [-0.4, -0.2) is 23.7 Å². The van der Waals surface area contributed by atoms with Crippen LogP contribution < -0.4 is 11.1 Å². The number of hydrogen-bond donors (Lipinski definition) is 3. The molecule has 0 aliphatic carbocycles. The molecule has 0 bridgehead atoms. The molecule has 5 heteroatoms. The Kier molecular flexibility index (Phi) is 3.91. The van der Waals surface area contributed by atoms with Gasteiger partial charge in [0, 0.05) is 6.54 Å². The van der Waals surface area contributed by atoms with Crippen molar-refractivity contribution in [2.24, 2.45) is 0 Å². The zero-order chi connectivity index (χ0) is 10.6. The molecule has 4 nitrogen and oxygen atoms in total. The van der Waals surface area contributed by atoms with Gasteiger partial charge in [-0.05, 0) is 17.9 Å². The van der Waals surface area contributed by atoms with Crippen molar-refractivity contribution in [3.63, 3.8) is 0 Å². The molecule has 1 aromatic heterocycles. The molecule has 0 aromatic carbocycles. The van der Waals surface area contributed by atoms with Gasteiger partial charge in [-0.2, -0.15) is 0 Å². The Hall–Kier alpha value is -1.07. The van der Waals surface area contributed by atoms with Crippen molar-refractivity contribution >= 4 is 22.9 Å². The summed E-state index contributed by atoms with van der Waals surface area (Å²) < 4.78 is 0. The van der Waals surface area contributed by atoms with Crippen molar-refractivity contribution < 1.29 is 9.90 Å². The van der Waals surface area contributed by atoms with Crippen LogP contribution in [0.1, 0.15) is 23.0 Å². The summed E-state index contributed by atoms with van der Waals surface area (Å²) in [7, 11) is 0. The SMILES string of the molecule is CCC(O)CNC(=O)c1sccc1N. The molecule has 0 fully saturated rings. The van der Waals surface area contributed by atoms with Gasteiger partial charge >= 0.3 is 0 Å². The van der Waals surface area contributed by atoms with Crippen LogP contribution in [0, 0.1) is 0 Å². The minimum atomic E-state index is -0.486. The number of anilines is 1. The summed E-state index contributed by atoms with van der Waals surface area (Å²) in [6.45, 7) is 2.13. The summed E-state index contributed by atoms with van der Waals surface area (Å²) in [5, 5.41) is 13.6. The number of carbonyl (C=O) groups excluding carboxylic acids is 1. The number of amides is 1. The molecule has 78 valence electrons. The maximum atomic E-state index is 11.5. The number of aliphatic hydroxyl groups is 1. The molecule has 4 N–H and O–H groups in total. The third kappa shape index (κ3) is 2.71. The summed E-state index contributed by atoms with van der Waals surface area (Å²) in [4.78, 5) is 12.0. The fraction of sp³-hybridized carbons (Fsp3) is 0.444. The minimum absolute atomic E-state index is 0.218. The summed E-state index contributed by atoms with van der Waals surface area (Å²) in [5.41, 5.74) is 6.05. The molecule has 1 atom stereocenters. The van der Waals surface area contributed by atoms with Crippen molar-refractivity contribution in [2.75, 3.05) is 12.3 Å². The summed E-state index contributed by atoms with van der Waals surface area (Å²) in [6.07, 6.45) is 0.139. The molecule has 0 radical (unpaired) electrons. The third-order valence-electron chi connectivity index (χ3n) is 1.87.